The molecule has 5 atom stereocenters. The highest BCUT2D eigenvalue weighted by Gasteiger charge is 2.41. The molecule has 2 heterocycles. The number of nitrogens with two attached hydrogens (primary N) is 1. The number of esters is 1. The van der Waals surface area contributed by atoms with Crippen molar-refractivity contribution in [3.8, 4) is 16.9 Å². The number of aromatic nitrogens is 4. The second-order valence-corrected chi connectivity index (χ2v) is 30.5. The molecule has 0 fully saturated rings. The Hall–Kier alpha value is -12.8. The normalized spacial score (nSPS) is 12.1. The van der Waals surface area contributed by atoms with E-state index in [4.69, 9.17) is 42.8 Å². The van der Waals surface area contributed by atoms with Crippen LogP contribution in [0.2, 0.25) is 0 Å². The van der Waals surface area contributed by atoms with Gasteiger partial charge in [0.05, 0.1) is 35.7 Å². The van der Waals surface area contributed by atoms with Crippen LogP contribution in [0.25, 0.3) is 22.3 Å². The number of ketones is 1. The molecule has 4 amide bonds. The van der Waals surface area contributed by atoms with Crippen LogP contribution in [-0.2, 0) is 76.3 Å². The van der Waals surface area contributed by atoms with Gasteiger partial charge in [-0.1, -0.05) is 207 Å². The van der Waals surface area contributed by atoms with E-state index in [0.29, 0.717) is 23.4 Å². The number of thioether (sulfide) groups is 1. The molecule has 1 aliphatic carbocycles. The van der Waals surface area contributed by atoms with Crippen molar-refractivity contribution >= 4 is 117 Å². The van der Waals surface area contributed by atoms with Crippen LogP contribution in [0.1, 0.15) is 170 Å². The van der Waals surface area contributed by atoms with Crippen molar-refractivity contribution in [2.75, 3.05) is 36.6 Å². The zero-order chi connectivity index (χ0) is 91.4. The Labute approximate surface area is 725 Å². The van der Waals surface area contributed by atoms with Gasteiger partial charge < -0.3 is 67.0 Å². The molecule has 0 bridgehead atoms. The summed E-state index contributed by atoms with van der Waals surface area (Å²) in [6, 6.07) is 56.4. The SMILES string of the molecule is CC.CC.CC(C)(C)C.CCNC(=O)C[C@H](CC(=O)CC[C@H](NC(=O)c1ccc(NCc2cnc3nc(N)[nH]c(=O)c3n2)cc1)C(=O)O)C(=O)N[C@@H](CS)C(=O)O.CCOc1ccc(COC(=O)[C@@H](C)SC(c2ccccc2)(c2ccccc2)c2ccccc2)cc1.O=C(O)CC[C@H](NC(=O)OCC1c2ccccc2-c2ccccc21)C(=O)O.O=S(=O)=O. The minimum atomic E-state index is -3.11. The second-order valence-electron chi connectivity index (χ2n) is 28.2. The van der Waals surface area contributed by atoms with E-state index in [1.165, 1.54) is 18.3 Å². The highest BCUT2D eigenvalue weighted by Crippen LogP contribution is 2.50. The molecule has 31 nitrogen and oxygen atoms in total. The van der Waals surface area contributed by atoms with Gasteiger partial charge in [0.2, 0.25) is 17.8 Å². The van der Waals surface area contributed by atoms with Crippen LogP contribution in [0.3, 0.4) is 0 Å². The van der Waals surface area contributed by atoms with E-state index in [-0.39, 0.29) is 92.3 Å². The van der Waals surface area contributed by atoms with Crippen molar-refractivity contribution in [2.24, 2.45) is 11.3 Å². The number of Topliss-reactive ketones (excluding diaryl/α,β-unsaturated/α-hetero) is 1. The number of benzene rings is 7. The maximum atomic E-state index is 13.2. The number of H-pyrrole nitrogens is 1. The molecule has 9 aromatic rings. The average Bonchev–Trinajstić information content (AvgIpc) is 1.21. The number of aromatic amines is 1. The van der Waals surface area contributed by atoms with E-state index in [0.717, 1.165) is 50.3 Å². The first-order chi connectivity index (χ1) is 58.6. The van der Waals surface area contributed by atoms with E-state index in [9.17, 15) is 63.0 Å². The van der Waals surface area contributed by atoms with Gasteiger partial charge in [0.1, 0.15) is 48.1 Å². The molecule has 2 aromatic heterocycles. The Kier molecular flexibility index (Phi) is 44.2. The third-order valence-electron chi connectivity index (χ3n) is 17.3. The van der Waals surface area contributed by atoms with Gasteiger partial charge in [-0.3, -0.25) is 38.5 Å². The molecule has 123 heavy (non-hydrogen) atoms. The molecule has 1 aliphatic rings. The summed E-state index contributed by atoms with van der Waals surface area (Å²) in [5, 5.41) is 48.7. The number of carbonyl (C=O) groups excluding carboxylic acids is 6. The predicted molar refractivity (Wildman–Crippen MR) is 472 cm³/mol. The first-order valence-corrected chi connectivity index (χ1v) is 42.0. The lowest BCUT2D eigenvalue weighted by atomic mass is 9.84. The molecule has 0 unspecified atom stereocenters. The molecule has 0 radical (unpaired) electrons. The number of nitrogens with one attached hydrogen (secondary N) is 6. The fourth-order valence-corrected chi connectivity index (χ4v) is 13.6. The minimum absolute atomic E-state index is 0.0213. The van der Waals surface area contributed by atoms with Gasteiger partial charge in [-0.05, 0) is 120 Å². The number of ether oxygens (including phenoxy) is 3. The fourth-order valence-electron chi connectivity index (χ4n) is 11.9. The number of thiol groups is 1. The third-order valence-corrected chi connectivity index (χ3v) is 19.3. The van der Waals surface area contributed by atoms with Crippen LogP contribution in [0.5, 0.6) is 5.75 Å². The summed E-state index contributed by atoms with van der Waals surface area (Å²) < 4.78 is 41.3. The number of nitrogens with zero attached hydrogens (tertiary/aromatic N) is 3. The Morgan fingerprint density at radius 3 is 1.59 bits per heavy atom. The number of carboxylic acids is 4. The van der Waals surface area contributed by atoms with E-state index in [2.05, 4.69) is 123 Å². The van der Waals surface area contributed by atoms with Crippen LogP contribution in [0.4, 0.5) is 16.4 Å². The molecule has 0 aliphatic heterocycles. The second kappa shape index (κ2) is 53.1. The lowest BCUT2D eigenvalue weighted by Gasteiger charge is -2.37. The van der Waals surface area contributed by atoms with Crippen molar-refractivity contribution in [1.29, 1.82) is 0 Å². The van der Waals surface area contributed by atoms with Gasteiger partial charge in [0, 0.05) is 55.1 Å². The number of hydrogen-bond donors (Lipinski definition) is 12. The lowest BCUT2D eigenvalue weighted by molar-refractivity contribution is -0.144. The van der Waals surface area contributed by atoms with Gasteiger partial charge in [0.25, 0.3) is 11.5 Å². The molecule has 0 spiro atoms. The summed E-state index contributed by atoms with van der Waals surface area (Å²) in [5.74, 6) is -8.87. The molecule has 7 aromatic carbocycles. The van der Waals surface area contributed by atoms with Crippen LogP contribution < -0.4 is 42.6 Å². The minimum Gasteiger partial charge on any atom is -0.494 e. The number of amides is 4. The molecule has 0 saturated carbocycles. The van der Waals surface area contributed by atoms with Crippen molar-refractivity contribution in [3.05, 3.63) is 249 Å². The number of nitrogen functional groups attached to an aromatic ring is 1. The zero-order valence-electron chi connectivity index (χ0n) is 70.3. The number of hydrogen-bond acceptors (Lipinski definition) is 24. The fraction of sp³-hybridized carbons (Fsp3) is 0.348. The first kappa shape index (κ1) is 103. The molecular formula is C89H108N10O21S3. The molecule has 12 N–H and O–H groups in total. The summed E-state index contributed by atoms with van der Waals surface area (Å²) in [5.41, 5.74) is 15.3. The van der Waals surface area contributed by atoms with Crippen LogP contribution in [0, 0.1) is 11.3 Å². The number of carboxylic acid groups (broad SMARTS) is 4. The number of carbonyl (C=O) groups is 10. The number of anilines is 2. The summed E-state index contributed by atoms with van der Waals surface area (Å²) >= 11 is 5.50. The van der Waals surface area contributed by atoms with E-state index in [1.54, 1.807) is 30.8 Å². The van der Waals surface area contributed by atoms with Crippen molar-refractivity contribution in [3.63, 3.8) is 0 Å². The third kappa shape index (κ3) is 34.7. The number of fused-ring (bicyclic) bond motifs is 4. The highest BCUT2D eigenvalue weighted by molar-refractivity contribution is 8.01. The van der Waals surface area contributed by atoms with Gasteiger partial charge in [0.15, 0.2) is 11.2 Å². The monoisotopic (exact) mass is 1750 g/mol. The highest BCUT2D eigenvalue weighted by atomic mass is 32.2. The molecule has 10 rings (SSSR count). The summed E-state index contributed by atoms with van der Waals surface area (Å²) in [6.07, 6.45) is -1.52. The van der Waals surface area contributed by atoms with Crippen LogP contribution >= 0.6 is 24.4 Å². The molecule has 0 saturated heterocycles. The van der Waals surface area contributed by atoms with Crippen molar-refractivity contribution in [1.82, 2.24) is 41.2 Å². The summed E-state index contributed by atoms with van der Waals surface area (Å²) in [4.78, 5) is 147. The Balaban J connectivity index is 0.000000372. The van der Waals surface area contributed by atoms with Crippen LogP contribution in [-0.4, -0.2) is 161 Å². The first-order valence-electron chi connectivity index (χ1n) is 39.5. The standard InChI is InChI=1S/C31H30O3S.C29H35N9O9S.C20H19NO6.C5H12.2C2H6.O3S/c1-3-33-29-21-19-25(20-22-29)23-34-30(32)24(2)35-31(26-13-7-4-8-14-26,27-15-9-5-10-16-27)28-17-11-6-12-18-28;1-2-31-21(40)10-15(25(42)36-20(13-48)28(46)47)9-18(39)7-8-19(27(44)45)35-24(41)14-3-5-16(6-4-14)32-11-17-12-33-23-22(34-17)26(43)38-29(30)37-23;22-18(23)10-9-17(19(24)25)21-20(26)27-11-16-14-7-3-1-5-12(14)13-6-2-4-8-15(13)16;1-5(2,3)4;2*1-2;1-4(2)3/h4-22,24H,3,23H2,1-2H3;3-6,12,15,19-20,32,48H,2,7-11,13H2,1H3,(H,31,40)(H,35,41)(H,36,42)(H,44,45)(H,46,47)(H3,30,33,37,38,43);1-8,16-17H,9-11H2,(H,21,26)(H,22,23)(H,24,25);1-4H3;2*1-2H3;/t24-;15-,19-,20-;17-;;;;/m100..../s1. The summed E-state index contributed by atoms with van der Waals surface area (Å²) in [7, 11) is -3.11. The maximum Gasteiger partial charge on any atom is 0.425 e. The Morgan fingerprint density at radius 2 is 1.11 bits per heavy atom. The topological polar surface area (TPSA) is 488 Å². The van der Waals surface area contributed by atoms with Crippen molar-refractivity contribution < 1.29 is 95.2 Å². The van der Waals surface area contributed by atoms with Gasteiger partial charge in [-0.2, -0.15) is 17.6 Å². The molecular weight excluding hydrogens is 1640 g/mol. The molecule has 34 heteroatoms. The Bertz CT molecular complexity index is 4960. The van der Waals surface area contributed by atoms with Crippen LogP contribution in [0.15, 0.2) is 199 Å². The number of alkyl carbamates (subject to hydrolysis) is 1. The molecule has 658 valence electrons. The zero-order valence-corrected chi connectivity index (χ0v) is 72.9. The van der Waals surface area contributed by atoms with Gasteiger partial charge in [-0.15, -0.1) is 24.4 Å². The Morgan fingerprint density at radius 1 is 0.618 bits per heavy atom. The predicted octanol–water partition coefficient (Wildman–Crippen LogP) is 12.7. The van der Waals surface area contributed by atoms with Crippen molar-refractivity contribution in [2.45, 2.75) is 162 Å². The van der Waals surface area contributed by atoms with E-state index >= 15 is 0 Å². The number of rotatable bonds is 35. The van der Waals surface area contributed by atoms with Gasteiger partial charge in [-0.25, -0.2) is 29.1 Å². The largest absolute Gasteiger partial charge is 0.494 e. The average molecular weight is 1750 g/mol. The van der Waals surface area contributed by atoms with Gasteiger partial charge >= 0.3 is 46.5 Å². The van der Waals surface area contributed by atoms with E-state index in [1.807, 2.05) is 169 Å². The maximum absolute atomic E-state index is 13.2. The quantitative estimate of drug-likeness (QED) is 0.00997. The lowest BCUT2D eigenvalue weighted by Crippen LogP contribution is -2.46. The summed E-state index contributed by atoms with van der Waals surface area (Å²) in [6.45, 7) is 23.6. The number of aliphatic carboxylic acids is 4. The smallest absolute Gasteiger partial charge is 0.425 e. The van der Waals surface area contributed by atoms with E-state index < -0.39 is 117 Å².